The summed E-state index contributed by atoms with van der Waals surface area (Å²) in [5.74, 6) is 0. The van der Waals surface area contributed by atoms with Crippen LogP contribution in [0.15, 0.2) is 48.9 Å². The second-order valence-electron chi connectivity index (χ2n) is 3.71. The number of rotatable bonds is 2. The van der Waals surface area contributed by atoms with Crippen molar-refractivity contribution in [2.75, 3.05) is 0 Å². The molecule has 1 aromatic carbocycles. The minimum Gasteiger partial charge on any atom is -0.258 e. The van der Waals surface area contributed by atoms with Gasteiger partial charge in [0.15, 0.2) is 0 Å². The Morgan fingerprint density at radius 1 is 1.17 bits per heavy atom. The topological polar surface area (TPSA) is 73.8 Å². The maximum absolute atomic E-state index is 11.3. The molecule has 0 aliphatic rings. The van der Waals surface area contributed by atoms with Crippen molar-refractivity contribution in [1.29, 1.82) is 0 Å². The third kappa shape index (κ3) is 1.51. The van der Waals surface area contributed by atoms with Crippen LogP contribution in [0, 0.1) is 10.1 Å². The van der Waals surface area contributed by atoms with Gasteiger partial charge in [0, 0.05) is 18.6 Å². The van der Waals surface area contributed by atoms with Gasteiger partial charge < -0.3 is 0 Å². The summed E-state index contributed by atoms with van der Waals surface area (Å²) in [6.07, 6.45) is 4.86. The smallest absolute Gasteiger partial charge is 0.258 e. The van der Waals surface area contributed by atoms with E-state index in [1.54, 1.807) is 48.9 Å². The fraction of sp³-hybridized carbons (Fsp3) is 0. The van der Waals surface area contributed by atoms with Crippen molar-refractivity contribution >= 4 is 16.6 Å². The van der Waals surface area contributed by atoms with E-state index < -0.39 is 4.92 Å². The number of nitrogens with zero attached hydrogens (tertiary/aromatic N) is 4. The van der Waals surface area contributed by atoms with Crippen LogP contribution in [0.4, 0.5) is 5.69 Å². The van der Waals surface area contributed by atoms with E-state index >= 15 is 0 Å². The summed E-state index contributed by atoms with van der Waals surface area (Å²) in [6.45, 7) is 0. The van der Waals surface area contributed by atoms with Crippen LogP contribution in [-0.4, -0.2) is 19.7 Å². The predicted octanol–water partition coefficient (Wildman–Crippen LogP) is 2.33. The molecular weight excluding hydrogens is 232 g/mol. The molecule has 6 nitrogen and oxygen atoms in total. The molecule has 0 saturated heterocycles. The van der Waals surface area contributed by atoms with Gasteiger partial charge in [0.1, 0.15) is 5.69 Å². The van der Waals surface area contributed by atoms with Gasteiger partial charge in [-0.05, 0) is 30.3 Å². The summed E-state index contributed by atoms with van der Waals surface area (Å²) in [7, 11) is 0. The molecule has 0 bridgehead atoms. The zero-order chi connectivity index (χ0) is 12.5. The first-order chi connectivity index (χ1) is 8.77. The Balaban J connectivity index is 2.39. The lowest BCUT2D eigenvalue weighted by Gasteiger charge is -2.05. The van der Waals surface area contributed by atoms with Crippen molar-refractivity contribution in [3.05, 3.63) is 59.0 Å². The van der Waals surface area contributed by atoms with E-state index in [9.17, 15) is 10.1 Å². The molecule has 0 N–H and O–H groups in total. The van der Waals surface area contributed by atoms with Gasteiger partial charge in [-0.3, -0.25) is 15.1 Å². The van der Waals surface area contributed by atoms with Crippen LogP contribution in [0.5, 0.6) is 0 Å². The minimum atomic E-state index is -0.402. The fourth-order valence-corrected chi connectivity index (χ4v) is 1.91. The zero-order valence-corrected chi connectivity index (χ0v) is 9.22. The van der Waals surface area contributed by atoms with E-state index in [-0.39, 0.29) is 5.69 Å². The van der Waals surface area contributed by atoms with E-state index in [4.69, 9.17) is 0 Å². The molecule has 0 aliphatic heterocycles. The van der Waals surface area contributed by atoms with Crippen LogP contribution in [0.25, 0.3) is 16.6 Å². The van der Waals surface area contributed by atoms with Gasteiger partial charge in [-0.15, -0.1) is 0 Å². The highest BCUT2D eigenvalue weighted by Gasteiger charge is 2.20. The highest BCUT2D eigenvalue weighted by atomic mass is 16.6. The Morgan fingerprint density at radius 2 is 2.06 bits per heavy atom. The average Bonchev–Trinajstić information content (AvgIpc) is 2.90. The van der Waals surface area contributed by atoms with E-state index in [0.717, 1.165) is 0 Å². The van der Waals surface area contributed by atoms with Gasteiger partial charge >= 0.3 is 5.69 Å². The molecular formula is C12H8N4O2. The predicted molar refractivity (Wildman–Crippen MR) is 65.5 cm³/mol. The summed E-state index contributed by atoms with van der Waals surface area (Å²) in [4.78, 5) is 15.0. The maximum Gasteiger partial charge on any atom is 0.304 e. The van der Waals surface area contributed by atoms with Gasteiger partial charge in [-0.1, -0.05) is 0 Å². The zero-order valence-electron chi connectivity index (χ0n) is 9.22. The highest BCUT2D eigenvalue weighted by molar-refractivity contribution is 5.91. The molecule has 3 aromatic rings. The van der Waals surface area contributed by atoms with E-state index in [2.05, 4.69) is 10.1 Å². The SMILES string of the molecule is O=[N+]([O-])c1c(-n2cccn2)ccc2ncccc12. The highest BCUT2D eigenvalue weighted by Crippen LogP contribution is 2.30. The van der Waals surface area contributed by atoms with Gasteiger partial charge in [0.05, 0.1) is 15.8 Å². The molecule has 0 saturated carbocycles. The van der Waals surface area contributed by atoms with Crippen LogP contribution in [0.2, 0.25) is 0 Å². The van der Waals surface area contributed by atoms with E-state index in [1.165, 1.54) is 4.68 Å². The Labute approximate surface area is 102 Å². The molecule has 3 rings (SSSR count). The monoisotopic (exact) mass is 240 g/mol. The molecule has 2 heterocycles. The molecule has 88 valence electrons. The first-order valence-electron chi connectivity index (χ1n) is 5.29. The van der Waals surface area contributed by atoms with E-state index in [1.807, 2.05) is 0 Å². The number of pyridine rings is 1. The third-order valence-corrected chi connectivity index (χ3v) is 2.67. The van der Waals surface area contributed by atoms with Crippen molar-refractivity contribution < 1.29 is 4.92 Å². The summed E-state index contributed by atoms with van der Waals surface area (Å²) in [5.41, 5.74) is 1.05. The molecule has 0 spiro atoms. The Morgan fingerprint density at radius 3 is 2.78 bits per heavy atom. The molecule has 6 heteroatoms. The quantitative estimate of drug-likeness (QED) is 0.509. The number of nitro benzene ring substituents is 1. The molecule has 0 aliphatic carbocycles. The van der Waals surface area contributed by atoms with Crippen LogP contribution in [0.1, 0.15) is 0 Å². The maximum atomic E-state index is 11.3. The molecule has 0 radical (unpaired) electrons. The molecule has 0 fully saturated rings. The lowest BCUT2D eigenvalue weighted by molar-refractivity contribution is -0.382. The Kier molecular flexibility index (Phi) is 2.26. The van der Waals surface area contributed by atoms with Crippen molar-refractivity contribution in [2.24, 2.45) is 0 Å². The lowest BCUT2D eigenvalue weighted by Crippen LogP contribution is -2.01. The van der Waals surface area contributed by atoms with Crippen LogP contribution in [0.3, 0.4) is 0 Å². The van der Waals surface area contributed by atoms with Gasteiger partial charge in [-0.25, -0.2) is 4.68 Å². The summed E-state index contributed by atoms with van der Waals surface area (Å²) in [6, 6.07) is 8.49. The first-order valence-corrected chi connectivity index (χ1v) is 5.29. The second kappa shape index (κ2) is 3.92. The Hall–Kier alpha value is -2.76. The first kappa shape index (κ1) is 10.4. The van der Waals surface area contributed by atoms with Crippen LogP contribution < -0.4 is 0 Å². The number of hydrogen-bond acceptors (Lipinski definition) is 4. The normalized spacial score (nSPS) is 10.7. The minimum absolute atomic E-state index is 0.0179. The van der Waals surface area contributed by atoms with Gasteiger partial charge in [0.2, 0.25) is 0 Å². The standard InChI is InChI=1S/C12H8N4O2/c17-16(18)12-9-3-1-6-13-10(9)4-5-11(12)15-8-2-7-14-15/h1-8H. The van der Waals surface area contributed by atoms with Gasteiger partial charge in [0.25, 0.3) is 0 Å². The summed E-state index contributed by atoms with van der Waals surface area (Å²) < 4.78 is 1.48. The second-order valence-corrected chi connectivity index (χ2v) is 3.71. The number of benzene rings is 1. The van der Waals surface area contributed by atoms with Crippen LogP contribution in [-0.2, 0) is 0 Å². The van der Waals surface area contributed by atoms with E-state index in [0.29, 0.717) is 16.6 Å². The van der Waals surface area contributed by atoms with Gasteiger partial charge in [-0.2, -0.15) is 5.10 Å². The summed E-state index contributed by atoms with van der Waals surface area (Å²) in [5, 5.41) is 15.8. The molecule has 18 heavy (non-hydrogen) atoms. The number of fused-ring (bicyclic) bond motifs is 1. The van der Waals surface area contributed by atoms with Crippen molar-refractivity contribution in [3.8, 4) is 5.69 Å². The van der Waals surface area contributed by atoms with Crippen molar-refractivity contribution in [1.82, 2.24) is 14.8 Å². The molecule has 0 amide bonds. The molecule has 0 atom stereocenters. The number of aromatic nitrogens is 3. The fourth-order valence-electron chi connectivity index (χ4n) is 1.91. The lowest BCUT2D eigenvalue weighted by atomic mass is 10.1. The molecule has 2 aromatic heterocycles. The average molecular weight is 240 g/mol. The third-order valence-electron chi connectivity index (χ3n) is 2.67. The number of hydrogen-bond donors (Lipinski definition) is 0. The largest absolute Gasteiger partial charge is 0.304 e. The molecule has 0 unspecified atom stereocenters. The van der Waals surface area contributed by atoms with Crippen LogP contribution >= 0.6 is 0 Å². The summed E-state index contributed by atoms with van der Waals surface area (Å²) >= 11 is 0. The number of nitro groups is 1. The Bertz CT molecular complexity index is 722. The van der Waals surface area contributed by atoms with Crippen molar-refractivity contribution in [3.63, 3.8) is 0 Å². The van der Waals surface area contributed by atoms with Crippen molar-refractivity contribution in [2.45, 2.75) is 0 Å².